The first-order chi connectivity index (χ1) is 11.8. The molecule has 0 radical (unpaired) electrons. The smallest absolute Gasteiger partial charge is 0.334 e. The van der Waals surface area contributed by atoms with Crippen molar-refractivity contribution in [1.29, 1.82) is 0 Å². The summed E-state index contributed by atoms with van der Waals surface area (Å²) in [4.78, 5) is 43.8. The third-order valence-electron chi connectivity index (χ3n) is 3.20. The minimum absolute atomic E-state index is 0.336. The number of carboxylic acid groups (broad SMARTS) is 1. The highest BCUT2D eigenvalue weighted by atomic mass is 16.6. The Kier molecular flexibility index (Phi) is 5.03. The van der Waals surface area contributed by atoms with Crippen molar-refractivity contribution in [3.05, 3.63) is 74.3 Å². The van der Waals surface area contributed by atoms with E-state index in [0.717, 1.165) is 12.1 Å². The second-order valence-corrected chi connectivity index (χ2v) is 4.90. The number of hydrogen-bond donors (Lipinski definition) is 2. The van der Waals surface area contributed by atoms with E-state index in [1.54, 1.807) is 18.2 Å². The average Bonchev–Trinajstić information content (AvgIpc) is 2.59. The van der Waals surface area contributed by atoms with Gasteiger partial charge < -0.3 is 10.4 Å². The van der Waals surface area contributed by atoms with Gasteiger partial charge >= 0.3 is 5.97 Å². The lowest BCUT2D eigenvalue weighted by Crippen LogP contribution is -2.37. The minimum atomic E-state index is -1.76. The van der Waals surface area contributed by atoms with Crippen molar-refractivity contribution in [2.75, 3.05) is 5.32 Å². The Morgan fingerprint density at radius 1 is 0.960 bits per heavy atom. The molecule has 0 fully saturated rings. The maximum atomic E-state index is 12.5. The van der Waals surface area contributed by atoms with Crippen molar-refractivity contribution in [3.8, 4) is 0 Å². The van der Waals surface area contributed by atoms with Crippen molar-refractivity contribution in [2.45, 2.75) is 6.04 Å². The summed E-state index contributed by atoms with van der Waals surface area (Å²) < 4.78 is 0. The van der Waals surface area contributed by atoms with E-state index in [0.29, 0.717) is 11.8 Å². The van der Waals surface area contributed by atoms with Gasteiger partial charge in [-0.15, -0.1) is 0 Å². The van der Waals surface area contributed by atoms with Crippen LogP contribution in [-0.4, -0.2) is 32.7 Å². The fourth-order valence-electron chi connectivity index (χ4n) is 2.06. The van der Waals surface area contributed by atoms with Crippen LogP contribution in [0.5, 0.6) is 0 Å². The molecular weight excluding hydrogens is 334 g/mol. The Bertz CT molecular complexity index is 819. The molecule has 0 aliphatic carbocycles. The number of nitrogens with one attached hydrogen (secondary N) is 1. The van der Waals surface area contributed by atoms with E-state index in [2.05, 4.69) is 5.32 Å². The van der Waals surface area contributed by atoms with Gasteiger partial charge in [0.05, 0.1) is 15.9 Å². The molecule has 0 aliphatic heterocycles. The van der Waals surface area contributed by atoms with Gasteiger partial charge in [0.15, 0.2) is 11.8 Å². The summed E-state index contributed by atoms with van der Waals surface area (Å²) in [5, 5.41) is 33.5. The van der Waals surface area contributed by atoms with Gasteiger partial charge in [0.2, 0.25) is 0 Å². The van der Waals surface area contributed by atoms with Crippen LogP contribution in [0.2, 0.25) is 0 Å². The van der Waals surface area contributed by atoms with Crippen molar-refractivity contribution in [2.24, 2.45) is 0 Å². The van der Waals surface area contributed by atoms with E-state index in [1.165, 1.54) is 12.1 Å². The zero-order valence-corrected chi connectivity index (χ0v) is 12.5. The predicted molar refractivity (Wildman–Crippen MR) is 85.6 cm³/mol. The average molecular weight is 345 g/mol. The number of rotatable bonds is 7. The number of nitro benzene ring substituents is 2. The van der Waals surface area contributed by atoms with Gasteiger partial charge in [0, 0.05) is 23.4 Å². The first-order valence-corrected chi connectivity index (χ1v) is 6.82. The summed E-state index contributed by atoms with van der Waals surface area (Å²) in [6.07, 6.45) is 0. The van der Waals surface area contributed by atoms with Crippen molar-refractivity contribution in [1.82, 2.24) is 0 Å². The summed E-state index contributed by atoms with van der Waals surface area (Å²) in [6.45, 7) is 0. The number of hydrogen-bond acceptors (Lipinski definition) is 7. The number of nitrogens with zero attached hydrogens (tertiary/aromatic N) is 2. The van der Waals surface area contributed by atoms with Crippen LogP contribution in [0.15, 0.2) is 48.5 Å². The molecular formula is C15H11N3O7. The zero-order valence-electron chi connectivity index (χ0n) is 12.5. The van der Waals surface area contributed by atoms with Crippen LogP contribution in [0.4, 0.5) is 17.1 Å². The molecule has 10 heteroatoms. The summed E-state index contributed by atoms with van der Waals surface area (Å²) in [6, 6.07) is 8.51. The molecule has 0 bridgehead atoms. The van der Waals surface area contributed by atoms with Crippen LogP contribution in [0.3, 0.4) is 0 Å². The Morgan fingerprint density at radius 3 is 1.92 bits per heavy atom. The number of carbonyl (C=O) groups is 2. The number of para-hydroxylation sites is 1. The van der Waals surface area contributed by atoms with E-state index in [9.17, 15) is 34.9 Å². The topological polar surface area (TPSA) is 153 Å². The quantitative estimate of drug-likeness (QED) is 0.335. The summed E-state index contributed by atoms with van der Waals surface area (Å²) in [7, 11) is 0. The normalized spacial score (nSPS) is 11.4. The maximum Gasteiger partial charge on any atom is 0.334 e. The molecule has 0 amide bonds. The molecule has 0 saturated carbocycles. The molecule has 2 rings (SSSR count). The lowest BCUT2D eigenvalue weighted by Gasteiger charge is -2.14. The number of Topliss-reactive ketones (excluding diaryl/α,β-unsaturated/α-hetero) is 1. The number of carboxylic acids is 1. The Labute approximate surface area is 140 Å². The number of nitro groups is 2. The molecule has 0 saturated heterocycles. The van der Waals surface area contributed by atoms with Gasteiger partial charge in [-0.25, -0.2) is 4.79 Å². The Balaban J connectivity index is 2.43. The Hall–Kier alpha value is -3.82. The van der Waals surface area contributed by atoms with Crippen LogP contribution in [0, 0.1) is 20.2 Å². The van der Waals surface area contributed by atoms with Crippen molar-refractivity contribution >= 4 is 28.8 Å². The highest BCUT2D eigenvalue weighted by Gasteiger charge is 2.30. The van der Waals surface area contributed by atoms with E-state index < -0.39 is 44.6 Å². The van der Waals surface area contributed by atoms with E-state index in [-0.39, 0.29) is 0 Å². The summed E-state index contributed by atoms with van der Waals surface area (Å²) in [5.41, 5.74) is -1.47. The molecule has 1 atom stereocenters. The maximum absolute atomic E-state index is 12.5. The number of anilines is 1. The third-order valence-corrected chi connectivity index (χ3v) is 3.20. The molecule has 0 spiro atoms. The summed E-state index contributed by atoms with van der Waals surface area (Å²) in [5.74, 6) is -2.56. The highest BCUT2D eigenvalue weighted by molar-refractivity contribution is 6.14. The second-order valence-electron chi connectivity index (χ2n) is 4.90. The summed E-state index contributed by atoms with van der Waals surface area (Å²) >= 11 is 0. The van der Waals surface area contributed by atoms with Gasteiger partial charge in [-0.1, -0.05) is 18.2 Å². The molecule has 0 heterocycles. The van der Waals surface area contributed by atoms with Crippen molar-refractivity contribution in [3.63, 3.8) is 0 Å². The third kappa shape index (κ3) is 4.13. The molecule has 0 aromatic heterocycles. The molecule has 2 N–H and O–H groups in total. The first kappa shape index (κ1) is 17.5. The molecule has 0 aliphatic rings. The van der Waals surface area contributed by atoms with Crippen molar-refractivity contribution < 1.29 is 24.5 Å². The first-order valence-electron chi connectivity index (χ1n) is 6.82. The molecule has 2 aromatic carbocycles. The van der Waals surface area contributed by atoms with Crippen LogP contribution in [0.1, 0.15) is 10.4 Å². The minimum Gasteiger partial charge on any atom is -0.479 e. The van der Waals surface area contributed by atoms with Gasteiger partial charge in [0.25, 0.3) is 11.4 Å². The molecule has 128 valence electrons. The van der Waals surface area contributed by atoms with Crippen LogP contribution >= 0.6 is 0 Å². The van der Waals surface area contributed by atoms with Gasteiger partial charge in [-0.3, -0.25) is 25.0 Å². The lowest BCUT2D eigenvalue weighted by molar-refractivity contribution is -0.394. The monoisotopic (exact) mass is 345 g/mol. The lowest BCUT2D eigenvalue weighted by atomic mass is 10.0. The van der Waals surface area contributed by atoms with E-state index >= 15 is 0 Å². The van der Waals surface area contributed by atoms with Gasteiger partial charge in [-0.2, -0.15) is 0 Å². The van der Waals surface area contributed by atoms with Gasteiger partial charge in [0.1, 0.15) is 0 Å². The number of benzene rings is 2. The number of carbonyl (C=O) groups excluding carboxylic acids is 1. The van der Waals surface area contributed by atoms with Crippen LogP contribution in [-0.2, 0) is 4.79 Å². The SMILES string of the molecule is O=C(O)C(Nc1ccccc1)C(=O)c1cc([N+](=O)[O-])cc([N+](=O)[O-])c1. The molecule has 2 aromatic rings. The number of ketones is 1. The van der Waals surface area contributed by atoms with Crippen LogP contribution in [0.25, 0.3) is 0 Å². The molecule has 1 unspecified atom stereocenters. The van der Waals surface area contributed by atoms with Crippen LogP contribution < -0.4 is 5.32 Å². The number of non-ortho nitro benzene ring substituents is 2. The number of aliphatic carboxylic acids is 1. The van der Waals surface area contributed by atoms with E-state index in [4.69, 9.17) is 0 Å². The molecule has 25 heavy (non-hydrogen) atoms. The van der Waals surface area contributed by atoms with Gasteiger partial charge in [-0.05, 0) is 12.1 Å². The fraction of sp³-hybridized carbons (Fsp3) is 0.0667. The standard InChI is InChI=1S/C15H11N3O7/c19-14(13(15(20)21)16-10-4-2-1-3-5-10)9-6-11(17(22)23)8-12(7-9)18(24)25/h1-8,13,16H,(H,20,21). The Morgan fingerprint density at radius 2 is 1.48 bits per heavy atom. The second kappa shape index (κ2) is 7.17. The fourth-order valence-corrected chi connectivity index (χ4v) is 2.06. The van der Waals surface area contributed by atoms with E-state index in [1.807, 2.05) is 0 Å². The predicted octanol–water partition coefficient (Wildman–Crippen LogP) is 2.25. The molecule has 10 nitrogen and oxygen atoms in total. The highest BCUT2D eigenvalue weighted by Crippen LogP contribution is 2.24. The largest absolute Gasteiger partial charge is 0.479 e. The zero-order chi connectivity index (χ0) is 18.6.